The number of anilines is 1. The lowest BCUT2D eigenvalue weighted by molar-refractivity contribution is -0.117. The van der Waals surface area contributed by atoms with Gasteiger partial charge < -0.3 is 9.63 Å². The molecule has 0 unspecified atom stereocenters. The standard InChI is InChI=1S/C14H23N3O3/c1-10-7-14(20-16-10)15-13(19)8-17(2)12-5-3-11(9-18)4-6-12/h7,11-12,18H,3-6,8-9H2,1-2H3,(H,15,19). The van der Waals surface area contributed by atoms with Gasteiger partial charge in [-0.05, 0) is 45.6 Å². The Hall–Kier alpha value is -1.40. The van der Waals surface area contributed by atoms with Crippen LogP contribution in [0.1, 0.15) is 31.4 Å². The lowest BCUT2D eigenvalue weighted by Gasteiger charge is -2.33. The van der Waals surface area contributed by atoms with E-state index >= 15 is 0 Å². The van der Waals surface area contributed by atoms with Gasteiger partial charge in [-0.15, -0.1) is 0 Å². The normalized spacial score (nSPS) is 23.0. The average molecular weight is 281 g/mol. The summed E-state index contributed by atoms with van der Waals surface area (Å²) in [6.07, 6.45) is 4.15. The largest absolute Gasteiger partial charge is 0.396 e. The van der Waals surface area contributed by atoms with Gasteiger partial charge in [0.2, 0.25) is 11.8 Å². The number of aliphatic hydroxyl groups excluding tert-OH is 1. The van der Waals surface area contributed by atoms with Gasteiger partial charge in [0.1, 0.15) is 0 Å². The fourth-order valence-electron chi connectivity index (χ4n) is 2.72. The molecule has 0 aliphatic heterocycles. The van der Waals surface area contributed by atoms with Gasteiger partial charge >= 0.3 is 0 Å². The van der Waals surface area contributed by atoms with Crippen molar-refractivity contribution in [1.82, 2.24) is 10.1 Å². The Balaban J connectivity index is 1.76. The van der Waals surface area contributed by atoms with Crippen LogP contribution >= 0.6 is 0 Å². The Morgan fingerprint density at radius 1 is 1.50 bits per heavy atom. The van der Waals surface area contributed by atoms with Crippen molar-refractivity contribution in [1.29, 1.82) is 0 Å². The smallest absolute Gasteiger partial charge is 0.240 e. The van der Waals surface area contributed by atoms with E-state index in [1.54, 1.807) is 6.07 Å². The number of amides is 1. The average Bonchev–Trinajstić information content (AvgIpc) is 2.84. The van der Waals surface area contributed by atoms with E-state index in [2.05, 4.69) is 15.4 Å². The zero-order chi connectivity index (χ0) is 14.5. The second-order valence-corrected chi connectivity index (χ2v) is 5.65. The summed E-state index contributed by atoms with van der Waals surface area (Å²) in [6, 6.07) is 2.12. The molecule has 1 fully saturated rings. The fourth-order valence-corrected chi connectivity index (χ4v) is 2.72. The van der Waals surface area contributed by atoms with Crippen molar-refractivity contribution in [3.8, 4) is 0 Å². The summed E-state index contributed by atoms with van der Waals surface area (Å²) in [6.45, 7) is 2.43. The van der Waals surface area contributed by atoms with E-state index in [9.17, 15) is 4.79 Å². The SMILES string of the molecule is Cc1cc(NC(=O)CN(C)C2CCC(CO)CC2)on1. The number of aryl methyl sites for hydroxylation is 1. The molecule has 0 atom stereocenters. The third-order valence-corrected chi connectivity index (χ3v) is 3.98. The summed E-state index contributed by atoms with van der Waals surface area (Å²) in [5.41, 5.74) is 0.746. The van der Waals surface area contributed by atoms with Crippen molar-refractivity contribution in [2.24, 2.45) is 5.92 Å². The predicted molar refractivity (Wildman–Crippen MR) is 75.3 cm³/mol. The maximum atomic E-state index is 11.9. The lowest BCUT2D eigenvalue weighted by atomic mass is 9.86. The molecule has 1 aliphatic carbocycles. The number of rotatable bonds is 5. The van der Waals surface area contributed by atoms with Crippen molar-refractivity contribution in [2.45, 2.75) is 38.6 Å². The number of carbonyl (C=O) groups is 1. The Labute approximate surface area is 119 Å². The molecule has 2 rings (SSSR count). The first-order chi connectivity index (χ1) is 9.58. The summed E-state index contributed by atoms with van der Waals surface area (Å²) in [5.74, 6) is 0.739. The van der Waals surface area contributed by atoms with E-state index < -0.39 is 0 Å². The maximum Gasteiger partial charge on any atom is 0.240 e. The third kappa shape index (κ3) is 4.05. The number of aromatic nitrogens is 1. The number of carbonyl (C=O) groups excluding carboxylic acids is 1. The molecule has 1 aromatic rings. The zero-order valence-corrected chi connectivity index (χ0v) is 12.1. The van der Waals surface area contributed by atoms with Crippen molar-refractivity contribution in [3.05, 3.63) is 11.8 Å². The molecule has 1 amide bonds. The van der Waals surface area contributed by atoms with E-state index in [0.717, 1.165) is 31.4 Å². The van der Waals surface area contributed by atoms with Crippen LogP contribution in [0.15, 0.2) is 10.6 Å². The molecule has 20 heavy (non-hydrogen) atoms. The van der Waals surface area contributed by atoms with Gasteiger partial charge in [0.25, 0.3) is 0 Å². The van der Waals surface area contributed by atoms with E-state index in [1.165, 1.54) is 0 Å². The number of nitrogens with one attached hydrogen (secondary N) is 1. The highest BCUT2D eigenvalue weighted by atomic mass is 16.5. The number of hydrogen-bond acceptors (Lipinski definition) is 5. The quantitative estimate of drug-likeness (QED) is 0.853. The van der Waals surface area contributed by atoms with Crippen molar-refractivity contribution in [2.75, 3.05) is 25.5 Å². The monoisotopic (exact) mass is 281 g/mol. The first-order valence-corrected chi connectivity index (χ1v) is 7.12. The van der Waals surface area contributed by atoms with Gasteiger partial charge in [0.15, 0.2) is 0 Å². The second-order valence-electron chi connectivity index (χ2n) is 5.65. The van der Waals surface area contributed by atoms with Crippen LogP contribution in [0.3, 0.4) is 0 Å². The van der Waals surface area contributed by atoms with Crippen LogP contribution < -0.4 is 5.32 Å². The molecule has 0 spiro atoms. The van der Waals surface area contributed by atoms with Gasteiger partial charge in [-0.2, -0.15) is 0 Å². The van der Waals surface area contributed by atoms with Gasteiger partial charge in [-0.3, -0.25) is 15.0 Å². The minimum absolute atomic E-state index is 0.0899. The van der Waals surface area contributed by atoms with Crippen molar-refractivity contribution >= 4 is 11.8 Å². The van der Waals surface area contributed by atoms with Gasteiger partial charge in [0.05, 0.1) is 12.2 Å². The van der Waals surface area contributed by atoms with Crippen LogP contribution in [0, 0.1) is 12.8 Å². The molecule has 6 heteroatoms. The maximum absolute atomic E-state index is 11.9. The van der Waals surface area contributed by atoms with Crippen molar-refractivity contribution < 1.29 is 14.4 Å². The molecule has 0 aromatic carbocycles. The number of hydrogen-bond donors (Lipinski definition) is 2. The highest BCUT2D eigenvalue weighted by Gasteiger charge is 2.24. The fraction of sp³-hybridized carbons (Fsp3) is 0.714. The van der Waals surface area contributed by atoms with Crippen LogP contribution in [0.5, 0.6) is 0 Å². The number of nitrogens with zero attached hydrogens (tertiary/aromatic N) is 2. The zero-order valence-electron chi connectivity index (χ0n) is 12.1. The summed E-state index contributed by atoms with van der Waals surface area (Å²) in [5, 5.41) is 15.6. The number of likely N-dealkylation sites (N-methyl/N-ethyl adjacent to an activating group) is 1. The molecular formula is C14H23N3O3. The summed E-state index contributed by atoms with van der Waals surface area (Å²) >= 11 is 0. The molecule has 1 saturated carbocycles. The molecule has 6 nitrogen and oxygen atoms in total. The Bertz CT molecular complexity index is 439. The molecule has 0 bridgehead atoms. The lowest BCUT2D eigenvalue weighted by Crippen LogP contribution is -2.40. The Morgan fingerprint density at radius 3 is 2.75 bits per heavy atom. The van der Waals surface area contributed by atoms with Crippen molar-refractivity contribution in [3.63, 3.8) is 0 Å². The Morgan fingerprint density at radius 2 is 2.20 bits per heavy atom. The van der Waals surface area contributed by atoms with Crippen LogP contribution in [-0.4, -0.2) is 47.3 Å². The molecule has 1 heterocycles. The van der Waals surface area contributed by atoms with E-state index in [4.69, 9.17) is 9.63 Å². The molecule has 1 aliphatic rings. The Kier molecular flexibility index (Phi) is 5.14. The van der Waals surface area contributed by atoms with E-state index in [-0.39, 0.29) is 12.5 Å². The summed E-state index contributed by atoms with van der Waals surface area (Å²) in [4.78, 5) is 14.0. The topological polar surface area (TPSA) is 78.6 Å². The van der Waals surface area contributed by atoms with E-state index in [1.807, 2.05) is 14.0 Å². The number of aliphatic hydroxyl groups is 1. The van der Waals surface area contributed by atoms with Crippen LogP contribution in [-0.2, 0) is 4.79 Å². The molecule has 112 valence electrons. The predicted octanol–water partition coefficient (Wildman–Crippen LogP) is 1.40. The second kappa shape index (κ2) is 6.85. The van der Waals surface area contributed by atoms with Gasteiger partial charge in [-0.1, -0.05) is 5.16 Å². The van der Waals surface area contributed by atoms with Crippen LogP contribution in [0.4, 0.5) is 5.88 Å². The highest BCUT2D eigenvalue weighted by Crippen LogP contribution is 2.26. The van der Waals surface area contributed by atoms with Gasteiger partial charge in [-0.25, -0.2) is 0 Å². The van der Waals surface area contributed by atoms with E-state index in [0.29, 0.717) is 24.4 Å². The molecule has 2 N–H and O–H groups in total. The highest BCUT2D eigenvalue weighted by molar-refractivity contribution is 5.90. The molecule has 0 saturated heterocycles. The first-order valence-electron chi connectivity index (χ1n) is 7.12. The third-order valence-electron chi connectivity index (χ3n) is 3.98. The van der Waals surface area contributed by atoms with Crippen LogP contribution in [0.2, 0.25) is 0 Å². The first kappa shape index (κ1) is 15.0. The summed E-state index contributed by atoms with van der Waals surface area (Å²) in [7, 11) is 1.97. The minimum atomic E-state index is -0.0899. The summed E-state index contributed by atoms with van der Waals surface area (Å²) < 4.78 is 4.96. The molecule has 0 radical (unpaired) electrons. The minimum Gasteiger partial charge on any atom is -0.396 e. The van der Waals surface area contributed by atoms with Gasteiger partial charge in [0, 0.05) is 18.7 Å². The molecule has 1 aromatic heterocycles. The molecular weight excluding hydrogens is 258 g/mol. The van der Waals surface area contributed by atoms with Crippen LogP contribution in [0.25, 0.3) is 0 Å².